The van der Waals surface area contributed by atoms with Gasteiger partial charge < -0.3 is 19.0 Å². The first kappa shape index (κ1) is 24.2. The molecular formula is C22H27NO7S. The molecule has 1 atom stereocenters. The zero-order chi connectivity index (χ0) is 23.1. The van der Waals surface area contributed by atoms with E-state index in [4.69, 9.17) is 13.7 Å². The molecule has 0 bridgehead atoms. The Morgan fingerprint density at radius 1 is 0.968 bits per heavy atom. The second-order valence-corrected chi connectivity index (χ2v) is 9.50. The van der Waals surface area contributed by atoms with Gasteiger partial charge in [0.25, 0.3) is 0 Å². The highest BCUT2D eigenvalue weighted by atomic mass is 32.2. The molecule has 2 rings (SSSR count). The van der Waals surface area contributed by atoms with Gasteiger partial charge in [0.2, 0.25) is 0 Å². The van der Waals surface area contributed by atoms with Gasteiger partial charge >= 0.3 is 22.2 Å². The summed E-state index contributed by atoms with van der Waals surface area (Å²) in [5, 5.41) is 2.55. The molecule has 0 saturated carbocycles. The molecular weight excluding hydrogens is 422 g/mol. The average molecular weight is 450 g/mol. The van der Waals surface area contributed by atoms with Crippen molar-refractivity contribution in [1.82, 2.24) is 5.32 Å². The van der Waals surface area contributed by atoms with Crippen LogP contribution in [0.15, 0.2) is 54.6 Å². The topological polar surface area (TPSA) is 108 Å². The molecule has 0 saturated heterocycles. The van der Waals surface area contributed by atoms with Crippen LogP contribution >= 0.6 is 0 Å². The van der Waals surface area contributed by atoms with Crippen molar-refractivity contribution in [2.45, 2.75) is 45.4 Å². The molecule has 2 aromatic rings. The van der Waals surface area contributed by atoms with Crippen molar-refractivity contribution in [1.29, 1.82) is 0 Å². The summed E-state index contributed by atoms with van der Waals surface area (Å²) in [7, 11) is -3.64. The maximum Gasteiger partial charge on any atom is 0.408 e. The highest BCUT2D eigenvalue weighted by molar-refractivity contribution is 7.86. The number of hydrogen-bond donors (Lipinski definition) is 1. The fourth-order valence-electron chi connectivity index (χ4n) is 2.56. The van der Waals surface area contributed by atoms with Crippen LogP contribution in [0.25, 0.3) is 0 Å². The molecule has 31 heavy (non-hydrogen) atoms. The predicted molar refractivity (Wildman–Crippen MR) is 115 cm³/mol. The van der Waals surface area contributed by atoms with Crippen LogP contribution in [0, 0.1) is 0 Å². The minimum atomic E-state index is -3.64. The Bertz CT molecular complexity index is 981. The number of benzene rings is 2. The molecule has 8 nitrogen and oxygen atoms in total. The minimum Gasteiger partial charge on any atom is -0.459 e. The summed E-state index contributed by atoms with van der Waals surface area (Å²) in [6, 6.07) is 14.3. The zero-order valence-corrected chi connectivity index (χ0v) is 18.8. The third kappa shape index (κ3) is 9.52. The summed E-state index contributed by atoms with van der Waals surface area (Å²) < 4.78 is 37.9. The van der Waals surface area contributed by atoms with E-state index < -0.39 is 33.8 Å². The summed E-state index contributed by atoms with van der Waals surface area (Å²) in [6.45, 7) is 5.22. The highest BCUT2D eigenvalue weighted by Crippen LogP contribution is 2.16. The zero-order valence-electron chi connectivity index (χ0n) is 18.0. The lowest BCUT2D eigenvalue weighted by Gasteiger charge is -2.23. The third-order valence-electron chi connectivity index (χ3n) is 3.81. The van der Waals surface area contributed by atoms with Gasteiger partial charge in [-0.2, -0.15) is 8.42 Å². The van der Waals surface area contributed by atoms with Crippen LogP contribution < -0.4 is 9.50 Å². The Balaban J connectivity index is 2.10. The molecule has 168 valence electrons. The van der Waals surface area contributed by atoms with Gasteiger partial charge in [-0.15, -0.1) is 0 Å². The maximum absolute atomic E-state index is 12.7. The number of hydrogen-bond acceptors (Lipinski definition) is 7. The van der Waals surface area contributed by atoms with Gasteiger partial charge in [0, 0.05) is 6.42 Å². The Morgan fingerprint density at radius 3 is 2.13 bits per heavy atom. The fraction of sp³-hybridized carbons (Fsp3) is 0.364. The van der Waals surface area contributed by atoms with Crippen LogP contribution in [-0.4, -0.2) is 38.4 Å². The van der Waals surface area contributed by atoms with Crippen LogP contribution in [-0.2, 0) is 37.4 Å². The first-order valence-electron chi connectivity index (χ1n) is 9.60. The molecule has 0 aliphatic rings. The van der Waals surface area contributed by atoms with E-state index in [1.807, 2.05) is 30.3 Å². The van der Waals surface area contributed by atoms with E-state index in [1.165, 1.54) is 12.1 Å². The van der Waals surface area contributed by atoms with E-state index in [9.17, 15) is 18.0 Å². The molecule has 0 aromatic heterocycles. The van der Waals surface area contributed by atoms with Gasteiger partial charge in [0.15, 0.2) is 0 Å². The molecule has 9 heteroatoms. The average Bonchev–Trinajstić information content (AvgIpc) is 2.65. The molecule has 1 amide bonds. The Morgan fingerprint density at radius 2 is 1.58 bits per heavy atom. The lowest BCUT2D eigenvalue weighted by molar-refractivity contribution is -0.147. The fourth-order valence-corrected chi connectivity index (χ4v) is 3.02. The van der Waals surface area contributed by atoms with E-state index in [-0.39, 0.29) is 18.8 Å². The molecule has 0 aliphatic heterocycles. The van der Waals surface area contributed by atoms with Crippen LogP contribution in [0.2, 0.25) is 0 Å². The lowest BCUT2D eigenvalue weighted by Crippen LogP contribution is -2.45. The van der Waals surface area contributed by atoms with Crippen molar-refractivity contribution in [3.63, 3.8) is 0 Å². The first-order valence-corrected chi connectivity index (χ1v) is 11.4. The molecule has 2 aromatic carbocycles. The number of carbonyl (C=O) groups excluding carboxylic acids is 2. The second kappa shape index (κ2) is 10.3. The Labute approximate surface area is 182 Å². The molecule has 1 unspecified atom stereocenters. The number of nitrogens with one attached hydrogen (secondary N) is 1. The Hall–Kier alpha value is -3.07. The first-order chi connectivity index (χ1) is 14.4. The number of carbonyl (C=O) groups is 2. The monoisotopic (exact) mass is 449 g/mol. The van der Waals surface area contributed by atoms with Crippen LogP contribution in [0.5, 0.6) is 5.75 Å². The van der Waals surface area contributed by atoms with Crippen molar-refractivity contribution in [3.8, 4) is 5.75 Å². The molecule has 0 spiro atoms. The number of alkyl carbamates (subject to hydrolysis) is 1. The van der Waals surface area contributed by atoms with Crippen molar-refractivity contribution in [2.24, 2.45) is 0 Å². The minimum absolute atomic E-state index is 0.0628. The number of ether oxygens (including phenoxy) is 2. The molecule has 0 fully saturated rings. The van der Waals surface area contributed by atoms with Crippen molar-refractivity contribution < 1.29 is 31.7 Å². The van der Waals surface area contributed by atoms with Gasteiger partial charge in [-0.1, -0.05) is 42.5 Å². The summed E-state index contributed by atoms with van der Waals surface area (Å²) in [4.78, 5) is 24.9. The third-order valence-corrected chi connectivity index (χ3v) is 4.31. The lowest BCUT2D eigenvalue weighted by atomic mass is 10.1. The standard InChI is InChI=1S/C22H27NO7S/c1-22(2,3)29-21(25)23-19(20(24)28-15-17-8-6-5-7-9-17)14-16-10-12-18(13-11-16)30-31(4,26)27/h5-13,19H,14-15H2,1-4H3,(H,23,25). The molecule has 0 radical (unpaired) electrons. The van der Waals surface area contributed by atoms with E-state index in [2.05, 4.69) is 5.32 Å². The van der Waals surface area contributed by atoms with E-state index in [0.717, 1.165) is 11.8 Å². The van der Waals surface area contributed by atoms with Crippen LogP contribution in [0.1, 0.15) is 31.9 Å². The van der Waals surface area contributed by atoms with Crippen LogP contribution in [0.3, 0.4) is 0 Å². The van der Waals surface area contributed by atoms with Gasteiger partial charge in [0.1, 0.15) is 24.0 Å². The smallest absolute Gasteiger partial charge is 0.408 e. The number of rotatable bonds is 8. The van der Waals surface area contributed by atoms with Gasteiger partial charge in [0.05, 0.1) is 6.26 Å². The highest BCUT2D eigenvalue weighted by Gasteiger charge is 2.26. The maximum atomic E-state index is 12.7. The van der Waals surface area contributed by atoms with Crippen molar-refractivity contribution >= 4 is 22.2 Å². The normalized spacial score (nSPS) is 12.5. The quantitative estimate of drug-likeness (QED) is 0.487. The summed E-state index contributed by atoms with van der Waals surface area (Å²) >= 11 is 0. The van der Waals surface area contributed by atoms with Gasteiger partial charge in [-0.25, -0.2) is 9.59 Å². The summed E-state index contributed by atoms with van der Waals surface area (Å²) in [5.41, 5.74) is 0.750. The molecule has 0 heterocycles. The largest absolute Gasteiger partial charge is 0.459 e. The molecule has 0 aliphatic carbocycles. The second-order valence-electron chi connectivity index (χ2n) is 7.93. The summed E-state index contributed by atoms with van der Waals surface area (Å²) in [5.74, 6) is -0.472. The Kier molecular flexibility index (Phi) is 8.04. The number of amides is 1. The van der Waals surface area contributed by atoms with Crippen LogP contribution in [0.4, 0.5) is 4.79 Å². The number of esters is 1. The predicted octanol–water partition coefficient (Wildman–Crippen LogP) is 3.20. The van der Waals surface area contributed by atoms with E-state index >= 15 is 0 Å². The molecule has 1 N–H and O–H groups in total. The van der Waals surface area contributed by atoms with Crippen molar-refractivity contribution in [3.05, 3.63) is 65.7 Å². The summed E-state index contributed by atoms with van der Waals surface area (Å²) in [6.07, 6.45) is 0.322. The van der Waals surface area contributed by atoms with E-state index in [1.54, 1.807) is 32.9 Å². The van der Waals surface area contributed by atoms with Crippen molar-refractivity contribution in [2.75, 3.05) is 6.26 Å². The SMILES string of the molecule is CC(C)(C)OC(=O)NC(Cc1ccc(OS(C)(=O)=O)cc1)C(=O)OCc1ccccc1. The van der Waals surface area contributed by atoms with E-state index in [0.29, 0.717) is 5.56 Å². The van der Waals surface area contributed by atoms with Gasteiger partial charge in [-0.3, -0.25) is 0 Å². The van der Waals surface area contributed by atoms with Gasteiger partial charge in [-0.05, 0) is 44.0 Å².